The third kappa shape index (κ3) is 2.18. The van der Waals surface area contributed by atoms with Crippen molar-refractivity contribution < 1.29 is 0 Å². The zero-order chi connectivity index (χ0) is 16.0. The zero-order valence-electron chi connectivity index (χ0n) is 13.0. The minimum Gasteiger partial charge on any atom is -0.313 e. The third-order valence-electron chi connectivity index (χ3n) is 4.10. The molecule has 1 N–H and O–H groups in total. The van der Waals surface area contributed by atoms with Crippen molar-refractivity contribution in [3.63, 3.8) is 0 Å². The molecule has 0 saturated carbocycles. The molecule has 2 aromatic heterocycles. The molecule has 0 amide bonds. The van der Waals surface area contributed by atoms with E-state index in [0.717, 1.165) is 16.0 Å². The van der Waals surface area contributed by atoms with Crippen LogP contribution in [0.25, 0.3) is 32.1 Å². The molecule has 0 saturated heterocycles. The fourth-order valence-corrected chi connectivity index (χ4v) is 4.24. The second-order valence-electron chi connectivity index (χ2n) is 5.93. The molecule has 0 unspecified atom stereocenters. The van der Waals surface area contributed by atoms with Gasteiger partial charge in [0.1, 0.15) is 4.83 Å². The summed E-state index contributed by atoms with van der Waals surface area (Å²) in [5.74, 6) is 0.336. The lowest BCUT2D eigenvalue weighted by Gasteiger charge is -2.10. The van der Waals surface area contributed by atoms with Gasteiger partial charge in [0.25, 0.3) is 5.56 Å². The van der Waals surface area contributed by atoms with Crippen molar-refractivity contribution in [3.8, 4) is 11.1 Å². The summed E-state index contributed by atoms with van der Waals surface area (Å²) in [5, 5.41) is 3.05. The van der Waals surface area contributed by atoms with Crippen LogP contribution in [-0.2, 0) is 0 Å². The maximum absolute atomic E-state index is 12.5. The Morgan fingerprint density at radius 2 is 1.87 bits per heavy atom. The van der Waals surface area contributed by atoms with Crippen LogP contribution >= 0.6 is 11.3 Å². The van der Waals surface area contributed by atoms with Gasteiger partial charge in [-0.15, -0.1) is 11.3 Å². The molecule has 0 radical (unpaired) electrons. The van der Waals surface area contributed by atoms with Gasteiger partial charge in [0.15, 0.2) is 0 Å². The molecular formula is C19H16N2OS. The van der Waals surface area contributed by atoms with Crippen LogP contribution in [0.1, 0.15) is 24.6 Å². The van der Waals surface area contributed by atoms with E-state index >= 15 is 0 Å². The van der Waals surface area contributed by atoms with Gasteiger partial charge in [-0.25, -0.2) is 4.98 Å². The molecule has 0 aliphatic carbocycles. The first-order valence-electron chi connectivity index (χ1n) is 7.65. The van der Waals surface area contributed by atoms with Crippen LogP contribution in [-0.4, -0.2) is 9.97 Å². The van der Waals surface area contributed by atoms with Gasteiger partial charge in [0.05, 0.1) is 11.7 Å². The van der Waals surface area contributed by atoms with Gasteiger partial charge in [-0.3, -0.25) is 4.79 Å². The molecule has 3 nitrogen and oxygen atoms in total. The van der Waals surface area contributed by atoms with Crippen molar-refractivity contribution in [3.05, 3.63) is 64.0 Å². The molecule has 4 aromatic rings. The van der Waals surface area contributed by atoms with Gasteiger partial charge in [-0.05, 0) is 22.3 Å². The number of H-pyrrole nitrogens is 1. The van der Waals surface area contributed by atoms with Crippen molar-refractivity contribution in [2.45, 2.75) is 19.8 Å². The van der Waals surface area contributed by atoms with E-state index < -0.39 is 0 Å². The van der Waals surface area contributed by atoms with Gasteiger partial charge in [-0.2, -0.15) is 0 Å². The predicted octanol–water partition coefficient (Wildman–Crippen LogP) is 4.93. The fourth-order valence-electron chi connectivity index (χ4n) is 3.08. The number of aromatic nitrogens is 2. The number of benzene rings is 2. The molecule has 4 rings (SSSR count). The lowest BCUT2D eigenvalue weighted by atomic mass is 9.94. The summed E-state index contributed by atoms with van der Waals surface area (Å²) in [7, 11) is 0. The summed E-state index contributed by atoms with van der Waals surface area (Å²) in [6.07, 6.45) is 1.48. The smallest absolute Gasteiger partial charge is 0.260 e. The van der Waals surface area contributed by atoms with Crippen LogP contribution in [0.15, 0.2) is 53.6 Å². The van der Waals surface area contributed by atoms with E-state index in [2.05, 4.69) is 54.1 Å². The van der Waals surface area contributed by atoms with Crippen LogP contribution in [0.4, 0.5) is 0 Å². The zero-order valence-corrected chi connectivity index (χ0v) is 13.8. The molecule has 0 bridgehead atoms. The summed E-state index contributed by atoms with van der Waals surface area (Å²) in [5.41, 5.74) is 2.07. The van der Waals surface area contributed by atoms with E-state index in [-0.39, 0.29) is 5.56 Å². The highest BCUT2D eigenvalue weighted by atomic mass is 32.1. The first-order chi connectivity index (χ1) is 11.2. The Labute approximate surface area is 137 Å². The molecular weight excluding hydrogens is 304 g/mol. The molecule has 0 aliphatic heterocycles. The predicted molar refractivity (Wildman–Crippen MR) is 97.3 cm³/mol. The van der Waals surface area contributed by atoms with Crippen LogP contribution in [0.3, 0.4) is 0 Å². The summed E-state index contributed by atoms with van der Waals surface area (Å²) < 4.78 is 0. The second-order valence-corrected chi connectivity index (χ2v) is 6.97. The number of hydrogen-bond acceptors (Lipinski definition) is 3. The average Bonchev–Trinajstić information content (AvgIpc) is 2.95. The van der Waals surface area contributed by atoms with Crippen molar-refractivity contribution in [1.82, 2.24) is 9.97 Å². The molecule has 23 heavy (non-hydrogen) atoms. The SMILES string of the molecule is CC(C)c1sc2nc[nH]c(=O)c2c1-c1cccc2ccccc12. The number of hydrogen-bond donors (Lipinski definition) is 1. The van der Waals surface area contributed by atoms with E-state index in [1.54, 1.807) is 11.3 Å². The standard InChI is InChI=1S/C19H16N2OS/c1-11(2)17-15(16-18(22)20-10-21-19(16)23-17)14-9-5-7-12-6-3-4-8-13(12)14/h3-11H,1-2H3,(H,20,21,22). The topological polar surface area (TPSA) is 45.8 Å². The Kier molecular flexibility index (Phi) is 3.27. The maximum atomic E-state index is 12.5. The first-order valence-corrected chi connectivity index (χ1v) is 8.46. The van der Waals surface area contributed by atoms with E-state index in [0.29, 0.717) is 11.3 Å². The van der Waals surface area contributed by atoms with Crippen molar-refractivity contribution >= 4 is 32.3 Å². The molecule has 0 aliphatic rings. The van der Waals surface area contributed by atoms with Gasteiger partial charge in [0.2, 0.25) is 0 Å². The number of fused-ring (bicyclic) bond motifs is 2. The van der Waals surface area contributed by atoms with E-state index in [1.165, 1.54) is 22.0 Å². The summed E-state index contributed by atoms with van der Waals surface area (Å²) in [6, 6.07) is 14.5. The lowest BCUT2D eigenvalue weighted by molar-refractivity contribution is 0.892. The number of nitrogens with zero attached hydrogens (tertiary/aromatic N) is 1. The Balaban J connectivity index is 2.20. The van der Waals surface area contributed by atoms with E-state index in [4.69, 9.17) is 0 Å². The molecule has 0 spiro atoms. The van der Waals surface area contributed by atoms with Crippen LogP contribution in [0.2, 0.25) is 0 Å². The van der Waals surface area contributed by atoms with E-state index in [9.17, 15) is 4.79 Å². The fraction of sp³-hybridized carbons (Fsp3) is 0.158. The van der Waals surface area contributed by atoms with Gasteiger partial charge < -0.3 is 4.98 Å². The second kappa shape index (κ2) is 5.32. The Bertz CT molecular complexity index is 1070. The minimum atomic E-state index is -0.0684. The molecule has 0 fully saturated rings. The van der Waals surface area contributed by atoms with Crippen molar-refractivity contribution in [1.29, 1.82) is 0 Å². The quantitative estimate of drug-likeness (QED) is 0.569. The molecule has 2 heterocycles. The minimum absolute atomic E-state index is 0.0684. The van der Waals surface area contributed by atoms with Crippen molar-refractivity contribution in [2.24, 2.45) is 0 Å². The number of rotatable bonds is 2. The van der Waals surface area contributed by atoms with E-state index in [1.807, 2.05) is 12.1 Å². The summed E-state index contributed by atoms with van der Waals surface area (Å²) in [6.45, 7) is 4.32. The van der Waals surface area contributed by atoms with Crippen LogP contribution in [0, 0.1) is 0 Å². The highest BCUT2D eigenvalue weighted by Gasteiger charge is 2.20. The lowest BCUT2D eigenvalue weighted by Crippen LogP contribution is -2.05. The number of thiophene rings is 1. The highest BCUT2D eigenvalue weighted by Crippen LogP contribution is 2.42. The average molecular weight is 320 g/mol. The Morgan fingerprint density at radius 1 is 1.09 bits per heavy atom. The number of aromatic amines is 1. The van der Waals surface area contributed by atoms with Gasteiger partial charge >= 0.3 is 0 Å². The Hall–Kier alpha value is -2.46. The van der Waals surface area contributed by atoms with Crippen molar-refractivity contribution in [2.75, 3.05) is 0 Å². The monoisotopic (exact) mass is 320 g/mol. The largest absolute Gasteiger partial charge is 0.313 e. The Morgan fingerprint density at radius 3 is 2.70 bits per heavy atom. The number of nitrogens with one attached hydrogen (secondary N) is 1. The molecule has 4 heteroatoms. The van der Waals surface area contributed by atoms with Gasteiger partial charge in [0, 0.05) is 10.4 Å². The van der Waals surface area contributed by atoms with Gasteiger partial charge in [-0.1, -0.05) is 56.3 Å². The first kappa shape index (κ1) is 14.2. The third-order valence-corrected chi connectivity index (χ3v) is 5.50. The highest BCUT2D eigenvalue weighted by molar-refractivity contribution is 7.19. The summed E-state index contributed by atoms with van der Waals surface area (Å²) in [4.78, 5) is 21.6. The molecule has 2 aromatic carbocycles. The summed E-state index contributed by atoms with van der Waals surface area (Å²) >= 11 is 1.62. The normalized spacial score (nSPS) is 11.6. The van der Waals surface area contributed by atoms with Crippen LogP contribution in [0.5, 0.6) is 0 Å². The molecule has 114 valence electrons. The maximum Gasteiger partial charge on any atom is 0.260 e. The molecule has 0 atom stereocenters. The van der Waals surface area contributed by atoms with Crippen LogP contribution < -0.4 is 5.56 Å².